The molecule has 1 saturated heterocycles. The summed E-state index contributed by atoms with van der Waals surface area (Å²) in [5, 5.41) is 3.46. The largest absolute Gasteiger partial charge is 0.312 e. The van der Waals surface area contributed by atoms with Gasteiger partial charge < -0.3 is 10.2 Å². The van der Waals surface area contributed by atoms with Gasteiger partial charge in [0.25, 0.3) is 0 Å². The average molecular weight is 172 g/mol. The smallest absolute Gasteiger partial charge is 0.0653 e. The van der Waals surface area contributed by atoms with Crippen LogP contribution in [0.4, 0.5) is 0 Å². The van der Waals surface area contributed by atoms with Crippen molar-refractivity contribution in [1.29, 1.82) is 0 Å². The van der Waals surface area contributed by atoms with Gasteiger partial charge in [0.05, 0.1) is 6.61 Å². The van der Waals surface area contributed by atoms with Crippen molar-refractivity contribution in [2.45, 2.75) is 33.2 Å². The molecule has 3 heteroatoms. The molecule has 1 heterocycles. The number of hydroxylamine groups is 1. The summed E-state index contributed by atoms with van der Waals surface area (Å²) < 4.78 is 0. The average Bonchev–Trinajstić information content (AvgIpc) is 2.32. The van der Waals surface area contributed by atoms with E-state index >= 15 is 0 Å². The van der Waals surface area contributed by atoms with Crippen molar-refractivity contribution in [3.05, 3.63) is 0 Å². The fraction of sp³-hybridized carbons (Fsp3) is 1.00. The van der Waals surface area contributed by atoms with Gasteiger partial charge in [0.2, 0.25) is 0 Å². The highest BCUT2D eigenvalue weighted by atomic mass is 16.6. The van der Waals surface area contributed by atoms with E-state index in [0.717, 1.165) is 19.7 Å². The van der Waals surface area contributed by atoms with Gasteiger partial charge in [-0.3, -0.25) is 0 Å². The van der Waals surface area contributed by atoms with Gasteiger partial charge in [-0.1, -0.05) is 13.8 Å². The quantitative estimate of drug-likeness (QED) is 0.488. The van der Waals surface area contributed by atoms with Gasteiger partial charge in [-0.05, 0) is 25.3 Å². The summed E-state index contributed by atoms with van der Waals surface area (Å²) in [6, 6.07) is 0.545. The van der Waals surface area contributed by atoms with Crippen LogP contribution in [0.15, 0.2) is 0 Å². The summed E-state index contributed by atoms with van der Waals surface area (Å²) >= 11 is 0. The molecule has 0 aliphatic carbocycles. The normalized spacial score (nSPS) is 27.8. The molecule has 0 amide bonds. The lowest BCUT2D eigenvalue weighted by molar-refractivity contribution is 0.0391. The highest BCUT2D eigenvalue weighted by molar-refractivity contribution is 4.91. The minimum Gasteiger partial charge on any atom is -0.312 e. The highest BCUT2D eigenvalue weighted by Gasteiger charge is 2.33. The van der Waals surface area contributed by atoms with Gasteiger partial charge in [-0.2, -0.15) is 0 Å². The van der Waals surface area contributed by atoms with E-state index in [9.17, 15) is 0 Å². The van der Waals surface area contributed by atoms with Crippen LogP contribution in [0.25, 0.3) is 0 Å². The Morgan fingerprint density at radius 1 is 1.58 bits per heavy atom. The van der Waals surface area contributed by atoms with Crippen molar-refractivity contribution in [1.82, 2.24) is 10.8 Å². The van der Waals surface area contributed by atoms with E-state index in [1.165, 1.54) is 6.42 Å². The van der Waals surface area contributed by atoms with Crippen LogP contribution in [-0.2, 0) is 4.84 Å². The van der Waals surface area contributed by atoms with Gasteiger partial charge in [-0.15, -0.1) is 0 Å². The number of rotatable bonds is 4. The first-order chi connectivity index (χ1) is 5.67. The van der Waals surface area contributed by atoms with Gasteiger partial charge in [-0.25, -0.2) is 5.48 Å². The van der Waals surface area contributed by atoms with Gasteiger partial charge >= 0.3 is 0 Å². The lowest BCUT2D eigenvalue weighted by Gasteiger charge is -2.26. The Morgan fingerprint density at radius 2 is 2.33 bits per heavy atom. The second-order valence-corrected chi connectivity index (χ2v) is 4.03. The second kappa shape index (κ2) is 4.21. The first kappa shape index (κ1) is 9.96. The first-order valence-corrected chi connectivity index (χ1v) is 4.75. The standard InChI is InChI=1S/C9H20N2O/c1-4-12-11-7-8-9(2,3)5-6-10-8/h8,10-11H,4-7H2,1-3H3. The van der Waals surface area contributed by atoms with Crippen molar-refractivity contribution in [3.63, 3.8) is 0 Å². The molecule has 0 aromatic carbocycles. The van der Waals surface area contributed by atoms with E-state index in [0.29, 0.717) is 11.5 Å². The molecule has 1 aliphatic rings. The predicted molar refractivity (Wildman–Crippen MR) is 49.8 cm³/mol. The minimum absolute atomic E-state index is 0.407. The van der Waals surface area contributed by atoms with Crippen LogP contribution in [0.3, 0.4) is 0 Å². The fourth-order valence-corrected chi connectivity index (χ4v) is 1.61. The summed E-state index contributed by atoms with van der Waals surface area (Å²) in [4.78, 5) is 5.10. The maximum Gasteiger partial charge on any atom is 0.0653 e. The van der Waals surface area contributed by atoms with Crippen molar-refractivity contribution < 1.29 is 4.84 Å². The van der Waals surface area contributed by atoms with Crippen molar-refractivity contribution in [3.8, 4) is 0 Å². The SMILES string of the molecule is CCONCC1NCCC1(C)C. The molecular weight excluding hydrogens is 152 g/mol. The number of hydrogen-bond acceptors (Lipinski definition) is 3. The van der Waals surface area contributed by atoms with Crippen LogP contribution in [0.5, 0.6) is 0 Å². The molecule has 12 heavy (non-hydrogen) atoms. The topological polar surface area (TPSA) is 33.3 Å². The molecule has 1 rings (SSSR count). The molecule has 0 saturated carbocycles. The molecular formula is C9H20N2O. The second-order valence-electron chi connectivity index (χ2n) is 4.03. The van der Waals surface area contributed by atoms with E-state index < -0.39 is 0 Å². The molecule has 1 atom stereocenters. The molecule has 2 N–H and O–H groups in total. The summed E-state index contributed by atoms with van der Waals surface area (Å²) in [7, 11) is 0. The van der Waals surface area contributed by atoms with E-state index in [1.54, 1.807) is 0 Å². The Morgan fingerprint density at radius 3 is 2.83 bits per heavy atom. The third-order valence-corrected chi connectivity index (χ3v) is 2.64. The summed E-state index contributed by atoms with van der Waals surface area (Å²) in [5.74, 6) is 0. The number of hydrogen-bond donors (Lipinski definition) is 2. The van der Waals surface area contributed by atoms with Crippen LogP contribution >= 0.6 is 0 Å². The molecule has 3 nitrogen and oxygen atoms in total. The zero-order valence-electron chi connectivity index (χ0n) is 8.31. The third kappa shape index (κ3) is 2.44. The summed E-state index contributed by atoms with van der Waals surface area (Å²) in [6.45, 7) is 9.34. The lowest BCUT2D eigenvalue weighted by atomic mass is 9.85. The molecule has 72 valence electrons. The Labute approximate surface area is 74.8 Å². The van der Waals surface area contributed by atoms with E-state index in [-0.39, 0.29) is 0 Å². The van der Waals surface area contributed by atoms with Crippen LogP contribution in [0, 0.1) is 5.41 Å². The summed E-state index contributed by atoms with van der Waals surface area (Å²) in [5.41, 5.74) is 3.38. The lowest BCUT2D eigenvalue weighted by Crippen LogP contribution is -2.41. The van der Waals surface area contributed by atoms with Crippen LogP contribution in [0.2, 0.25) is 0 Å². The summed E-state index contributed by atoms with van der Waals surface area (Å²) in [6.07, 6.45) is 1.26. The zero-order chi connectivity index (χ0) is 9.03. The molecule has 0 radical (unpaired) electrons. The molecule has 1 fully saturated rings. The van der Waals surface area contributed by atoms with Gasteiger partial charge in [0.1, 0.15) is 0 Å². The van der Waals surface area contributed by atoms with Crippen LogP contribution in [0.1, 0.15) is 27.2 Å². The maximum atomic E-state index is 5.10. The van der Waals surface area contributed by atoms with Crippen molar-refractivity contribution in [2.75, 3.05) is 19.7 Å². The molecule has 0 aromatic rings. The predicted octanol–water partition coefficient (Wildman–Crippen LogP) is 0.916. The Bertz CT molecular complexity index is 136. The molecule has 1 unspecified atom stereocenters. The molecule has 0 spiro atoms. The fourth-order valence-electron chi connectivity index (χ4n) is 1.61. The minimum atomic E-state index is 0.407. The monoisotopic (exact) mass is 172 g/mol. The maximum absolute atomic E-state index is 5.10. The van der Waals surface area contributed by atoms with Crippen LogP contribution < -0.4 is 10.8 Å². The van der Waals surface area contributed by atoms with Crippen LogP contribution in [-0.4, -0.2) is 25.7 Å². The third-order valence-electron chi connectivity index (χ3n) is 2.64. The Hall–Kier alpha value is -0.120. The Balaban J connectivity index is 2.22. The first-order valence-electron chi connectivity index (χ1n) is 4.75. The van der Waals surface area contributed by atoms with E-state index in [2.05, 4.69) is 24.6 Å². The van der Waals surface area contributed by atoms with Crippen molar-refractivity contribution >= 4 is 0 Å². The zero-order valence-corrected chi connectivity index (χ0v) is 8.31. The van der Waals surface area contributed by atoms with Crippen molar-refractivity contribution in [2.24, 2.45) is 5.41 Å². The Kier molecular flexibility index (Phi) is 3.50. The highest BCUT2D eigenvalue weighted by Crippen LogP contribution is 2.28. The van der Waals surface area contributed by atoms with E-state index in [1.807, 2.05) is 6.92 Å². The molecule has 1 aliphatic heterocycles. The van der Waals surface area contributed by atoms with E-state index in [4.69, 9.17) is 4.84 Å². The molecule has 0 bridgehead atoms. The number of nitrogens with one attached hydrogen (secondary N) is 2. The molecule has 0 aromatic heterocycles. The van der Waals surface area contributed by atoms with Gasteiger partial charge in [0, 0.05) is 12.6 Å². The van der Waals surface area contributed by atoms with Gasteiger partial charge in [0.15, 0.2) is 0 Å².